The summed E-state index contributed by atoms with van der Waals surface area (Å²) in [5, 5.41) is 3.11. The molecule has 2 N–H and O–H groups in total. The van der Waals surface area contributed by atoms with Gasteiger partial charge >= 0.3 is 0 Å². The van der Waals surface area contributed by atoms with Crippen molar-refractivity contribution in [3.05, 3.63) is 47.6 Å². The standard InChI is InChI=1S/C14H14N4S/c1-18(11-4-2-3-10(7-11)8-15)13-12-5-6-19-14(12)17-9-16-13/h2-7,9H,8,15H2,1H3. The fourth-order valence-corrected chi connectivity index (χ4v) is 2.79. The lowest BCUT2D eigenvalue weighted by Gasteiger charge is -2.19. The average Bonchev–Trinajstić information content (AvgIpc) is 2.95. The molecule has 96 valence electrons. The first-order chi connectivity index (χ1) is 9.29. The summed E-state index contributed by atoms with van der Waals surface area (Å²) >= 11 is 1.62. The van der Waals surface area contributed by atoms with E-state index in [1.165, 1.54) is 0 Å². The molecule has 19 heavy (non-hydrogen) atoms. The van der Waals surface area contributed by atoms with Gasteiger partial charge in [0.25, 0.3) is 0 Å². The van der Waals surface area contributed by atoms with Gasteiger partial charge in [-0.05, 0) is 29.1 Å². The van der Waals surface area contributed by atoms with Gasteiger partial charge in [0.2, 0.25) is 0 Å². The minimum Gasteiger partial charge on any atom is -0.329 e. The Morgan fingerprint density at radius 2 is 2.16 bits per heavy atom. The topological polar surface area (TPSA) is 55.0 Å². The molecule has 2 aromatic heterocycles. The van der Waals surface area contributed by atoms with Crippen LogP contribution in [-0.2, 0) is 6.54 Å². The van der Waals surface area contributed by atoms with Gasteiger partial charge < -0.3 is 10.6 Å². The van der Waals surface area contributed by atoms with Gasteiger partial charge in [0, 0.05) is 19.3 Å². The molecule has 0 saturated carbocycles. The number of rotatable bonds is 3. The minimum absolute atomic E-state index is 0.541. The largest absolute Gasteiger partial charge is 0.329 e. The summed E-state index contributed by atoms with van der Waals surface area (Å²) in [4.78, 5) is 11.7. The summed E-state index contributed by atoms with van der Waals surface area (Å²) in [6.45, 7) is 0.541. The highest BCUT2D eigenvalue weighted by Crippen LogP contribution is 2.30. The van der Waals surface area contributed by atoms with Crippen molar-refractivity contribution in [2.45, 2.75) is 6.54 Å². The number of aromatic nitrogens is 2. The van der Waals surface area contributed by atoms with Crippen LogP contribution in [-0.4, -0.2) is 17.0 Å². The van der Waals surface area contributed by atoms with E-state index in [0.717, 1.165) is 27.3 Å². The fourth-order valence-electron chi connectivity index (χ4n) is 2.06. The highest BCUT2D eigenvalue weighted by molar-refractivity contribution is 7.16. The first-order valence-electron chi connectivity index (χ1n) is 6.00. The molecule has 3 aromatic rings. The summed E-state index contributed by atoms with van der Waals surface area (Å²) in [6.07, 6.45) is 1.61. The Morgan fingerprint density at radius 3 is 3.00 bits per heavy atom. The molecule has 0 bridgehead atoms. The molecule has 0 amide bonds. The molecule has 0 spiro atoms. The SMILES string of the molecule is CN(c1cccc(CN)c1)c1ncnc2sccc12. The van der Waals surface area contributed by atoms with Crippen LogP contribution in [0.5, 0.6) is 0 Å². The van der Waals surface area contributed by atoms with Crippen molar-refractivity contribution in [3.8, 4) is 0 Å². The number of hydrogen-bond acceptors (Lipinski definition) is 5. The normalized spacial score (nSPS) is 10.8. The lowest BCUT2D eigenvalue weighted by Crippen LogP contribution is -2.12. The molecule has 0 aliphatic carbocycles. The number of hydrogen-bond donors (Lipinski definition) is 1. The summed E-state index contributed by atoms with van der Waals surface area (Å²) < 4.78 is 0. The lowest BCUT2D eigenvalue weighted by molar-refractivity contribution is 1.06. The Labute approximate surface area is 115 Å². The maximum Gasteiger partial charge on any atom is 0.144 e. The molecule has 0 fully saturated rings. The highest BCUT2D eigenvalue weighted by atomic mass is 32.1. The Hall–Kier alpha value is -1.98. The number of nitrogens with two attached hydrogens (primary N) is 1. The maximum absolute atomic E-state index is 5.69. The van der Waals surface area contributed by atoms with Gasteiger partial charge in [0.1, 0.15) is 17.0 Å². The minimum atomic E-state index is 0.541. The third-order valence-corrected chi connectivity index (χ3v) is 3.91. The van der Waals surface area contributed by atoms with E-state index in [-0.39, 0.29) is 0 Å². The van der Waals surface area contributed by atoms with Gasteiger partial charge in [-0.15, -0.1) is 11.3 Å². The Kier molecular flexibility index (Phi) is 3.15. The number of nitrogens with zero attached hydrogens (tertiary/aromatic N) is 3. The molecule has 1 aromatic carbocycles. The smallest absolute Gasteiger partial charge is 0.144 e. The van der Waals surface area contributed by atoms with Crippen LogP contribution < -0.4 is 10.6 Å². The van der Waals surface area contributed by atoms with Crippen LogP contribution in [0.3, 0.4) is 0 Å². The van der Waals surface area contributed by atoms with Crippen LogP contribution in [0.1, 0.15) is 5.56 Å². The molecule has 0 aliphatic rings. The van der Waals surface area contributed by atoms with Crippen LogP contribution in [0.15, 0.2) is 42.0 Å². The van der Waals surface area contributed by atoms with Gasteiger partial charge in [0.05, 0.1) is 5.39 Å². The Morgan fingerprint density at radius 1 is 1.26 bits per heavy atom. The second-order valence-corrected chi connectivity index (χ2v) is 5.16. The van der Waals surface area contributed by atoms with Gasteiger partial charge in [0.15, 0.2) is 0 Å². The first-order valence-corrected chi connectivity index (χ1v) is 6.88. The molecule has 0 aliphatic heterocycles. The lowest BCUT2D eigenvalue weighted by atomic mass is 10.2. The second kappa shape index (κ2) is 4.95. The van der Waals surface area contributed by atoms with Gasteiger partial charge in [-0.25, -0.2) is 9.97 Å². The van der Waals surface area contributed by atoms with Crippen molar-refractivity contribution in [1.29, 1.82) is 0 Å². The second-order valence-electron chi connectivity index (χ2n) is 4.27. The van der Waals surface area contributed by atoms with Crippen LogP contribution in [0.2, 0.25) is 0 Å². The molecule has 0 radical (unpaired) electrons. The number of thiophene rings is 1. The molecule has 3 rings (SSSR count). The van der Waals surface area contributed by atoms with Crippen molar-refractivity contribution in [1.82, 2.24) is 9.97 Å². The van der Waals surface area contributed by atoms with Crippen molar-refractivity contribution >= 4 is 33.1 Å². The van der Waals surface area contributed by atoms with E-state index in [2.05, 4.69) is 33.1 Å². The zero-order valence-electron chi connectivity index (χ0n) is 10.6. The van der Waals surface area contributed by atoms with Crippen molar-refractivity contribution in [2.75, 3.05) is 11.9 Å². The molecule has 5 heteroatoms. The maximum atomic E-state index is 5.69. The molecular weight excluding hydrogens is 256 g/mol. The number of benzene rings is 1. The Balaban J connectivity index is 2.07. The molecule has 0 atom stereocenters. The zero-order valence-corrected chi connectivity index (χ0v) is 11.4. The fraction of sp³-hybridized carbons (Fsp3) is 0.143. The van der Waals surface area contributed by atoms with E-state index in [0.29, 0.717) is 6.54 Å². The quantitative estimate of drug-likeness (QED) is 0.795. The number of anilines is 2. The van der Waals surface area contributed by atoms with E-state index in [9.17, 15) is 0 Å². The summed E-state index contributed by atoms with van der Waals surface area (Å²) in [5.74, 6) is 0.917. The number of fused-ring (bicyclic) bond motifs is 1. The summed E-state index contributed by atoms with van der Waals surface area (Å²) in [7, 11) is 2.01. The monoisotopic (exact) mass is 270 g/mol. The average molecular weight is 270 g/mol. The van der Waals surface area contributed by atoms with E-state index in [1.807, 2.05) is 24.6 Å². The summed E-state index contributed by atoms with van der Waals surface area (Å²) in [6, 6.07) is 10.2. The third-order valence-electron chi connectivity index (χ3n) is 3.09. The van der Waals surface area contributed by atoms with Crippen LogP contribution in [0, 0.1) is 0 Å². The van der Waals surface area contributed by atoms with Crippen molar-refractivity contribution in [3.63, 3.8) is 0 Å². The molecular formula is C14H14N4S. The predicted octanol–water partition coefficient (Wildman–Crippen LogP) is 2.92. The molecule has 0 saturated heterocycles. The van der Waals surface area contributed by atoms with E-state index < -0.39 is 0 Å². The van der Waals surface area contributed by atoms with Gasteiger partial charge in [-0.1, -0.05) is 12.1 Å². The van der Waals surface area contributed by atoms with E-state index in [1.54, 1.807) is 17.7 Å². The summed E-state index contributed by atoms with van der Waals surface area (Å²) in [5.41, 5.74) is 7.88. The van der Waals surface area contributed by atoms with Crippen molar-refractivity contribution in [2.24, 2.45) is 5.73 Å². The third kappa shape index (κ3) is 2.18. The zero-order chi connectivity index (χ0) is 13.2. The molecule has 0 unspecified atom stereocenters. The van der Waals surface area contributed by atoms with Crippen molar-refractivity contribution < 1.29 is 0 Å². The van der Waals surface area contributed by atoms with Crippen LogP contribution in [0.25, 0.3) is 10.2 Å². The predicted molar refractivity (Wildman–Crippen MR) is 79.8 cm³/mol. The van der Waals surface area contributed by atoms with Gasteiger partial charge in [-0.3, -0.25) is 0 Å². The van der Waals surface area contributed by atoms with Crippen LogP contribution >= 0.6 is 11.3 Å². The molecule has 4 nitrogen and oxygen atoms in total. The molecule has 2 heterocycles. The van der Waals surface area contributed by atoms with Crippen LogP contribution in [0.4, 0.5) is 11.5 Å². The Bertz CT molecular complexity index is 707. The van der Waals surface area contributed by atoms with E-state index >= 15 is 0 Å². The van der Waals surface area contributed by atoms with Gasteiger partial charge in [-0.2, -0.15) is 0 Å². The first kappa shape index (κ1) is 12.1. The highest BCUT2D eigenvalue weighted by Gasteiger charge is 2.11. The van der Waals surface area contributed by atoms with E-state index in [4.69, 9.17) is 5.73 Å².